The van der Waals surface area contributed by atoms with Crippen LogP contribution >= 0.6 is 23.5 Å². The Kier molecular flexibility index (Phi) is 7.76. The van der Waals surface area contributed by atoms with E-state index in [2.05, 4.69) is 51.7 Å². The highest BCUT2D eigenvalue weighted by Crippen LogP contribution is 2.24. The molecule has 0 aliphatic carbocycles. The molecule has 0 atom stereocenters. The average molecular weight is 431 g/mol. The number of carbonyl (C=O) groups excluding carboxylic acids is 1. The molecule has 2 aromatic heterocycles. The number of carbonyl (C=O) groups is 1. The van der Waals surface area contributed by atoms with Crippen LogP contribution in [0.25, 0.3) is 11.0 Å². The van der Waals surface area contributed by atoms with E-state index in [4.69, 9.17) is 0 Å². The van der Waals surface area contributed by atoms with Gasteiger partial charge < -0.3 is 10.6 Å². The highest BCUT2D eigenvalue weighted by molar-refractivity contribution is 7.99. The van der Waals surface area contributed by atoms with Crippen LogP contribution in [-0.4, -0.2) is 50.3 Å². The monoisotopic (exact) mass is 430 g/mol. The zero-order chi connectivity index (χ0) is 20.6. The highest BCUT2D eigenvalue weighted by Gasteiger charge is 2.13. The van der Waals surface area contributed by atoms with Gasteiger partial charge >= 0.3 is 0 Å². The summed E-state index contributed by atoms with van der Waals surface area (Å²) in [5.41, 5.74) is 0.779. The van der Waals surface area contributed by atoms with Gasteiger partial charge in [-0.25, -0.2) is 14.6 Å². The molecule has 0 fully saturated rings. The molecule has 9 heteroatoms. The molecule has 2 N–H and O–H groups in total. The number of nitrogens with zero attached hydrogens (tertiary/aromatic N) is 4. The first-order valence-electron chi connectivity index (χ1n) is 9.55. The Morgan fingerprint density at radius 2 is 2.00 bits per heavy atom. The SMILES string of the molecule is CSc1nc(NC(C)C)c2cnn(CCNC(=O)CCSc3ccccc3)c2n1. The van der Waals surface area contributed by atoms with Gasteiger partial charge in [-0.2, -0.15) is 5.10 Å². The van der Waals surface area contributed by atoms with Crippen molar-refractivity contribution in [1.82, 2.24) is 25.1 Å². The molecular weight excluding hydrogens is 404 g/mol. The minimum absolute atomic E-state index is 0.0477. The number of hydrogen-bond donors (Lipinski definition) is 2. The maximum Gasteiger partial charge on any atom is 0.220 e. The van der Waals surface area contributed by atoms with Gasteiger partial charge in [0, 0.05) is 29.7 Å². The lowest BCUT2D eigenvalue weighted by Gasteiger charge is -2.11. The molecular formula is C20H26N6OS2. The number of thioether (sulfide) groups is 2. The minimum atomic E-state index is 0.0477. The first-order chi connectivity index (χ1) is 14.1. The zero-order valence-electron chi connectivity index (χ0n) is 16.9. The molecule has 0 saturated carbocycles. The molecule has 3 aromatic rings. The largest absolute Gasteiger partial charge is 0.367 e. The van der Waals surface area contributed by atoms with Crippen molar-refractivity contribution in [2.45, 2.75) is 42.9 Å². The number of benzene rings is 1. The van der Waals surface area contributed by atoms with Gasteiger partial charge in [0.25, 0.3) is 0 Å². The van der Waals surface area contributed by atoms with Crippen LogP contribution in [0, 0.1) is 0 Å². The van der Waals surface area contributed by atoms with Crippen LogP contribution in [0.5, 0.6) is 0 Å². The predicted octanol–water partition coefficient (Wildman–Crippen LogP) is 3.67. The molecule has 154 valence electrons. The molecule has 0 spiro atoms. The summed E-state index contributed by atoms with van der Waals surface area (Å²) in [4.78, 5) is 22.4. The Hall–Kier alpha value is -2.26. The molecule has 2 heterocycles. The molecule has 0 saturated heterocycles. The first kappa shape index (κ1) is 21.4. The second-order valence-corrected chi connectivity index (χ2v) is 8.67. The number of aromatic nitrogens is 4. The van der Waals surface area contributed by atoms with E-state index < -0.39 is 0 Å². The van der Waals surface area contributed by atoms with Crippen molar-refractivity contribution in [1.29, 1.82) is 0 Å². The molecule has 29 heavy (non-hydrogen) atoms. The fraction of sp³-hybridized carbons (Fsp3) is 0.400. The normalized spacial score (nSPS) is 11.2. The van der Waals surface area contributed by atoms with E-state index in [1.165, 1.54) is 16.7 Å². The molecule has 1 aromatic carbocycles. The fourth-order valence-corrected chi connectivity index (χ4v) is 3.97. The Bertz CT molecular complexity index is 945. The van der Waals surface area contributed by atoms with Gasteiger partial charge in [-0.3, -0.25) is 4.79 Å². The van der Waals surface area contributed by atoms with E-state index in [1.807, 2.05) is 29.1 Å². The number of fused-ring (bicyclic) bond motifs is 1. The van der Waals surface area contributed by atoms with Crippen LogP contribution in [0.3, 0.4) is 0 Å². The molecule has 0 unspecified atom stereocenters. The van der Waals surface area contributed by atoms with Crippen molar-refractivity contribution in [3.8, 4) is 0 Å². The number of rotatable bonds is 10. The van der Waals surface area contributed by atoms with Gasteiger partial charge in [0.15, 0.2) is 10.8 Å². The fourth-order valence-electron chi connectivity index (χ4n) is 2.74. The standard InChI is InChI=1S/C20H26N6OS2/c1-14(2)23-18-16-13-22-26(19(16)25-20(24-18)28-3)11-10-21-17(27)9-12-29-15-7-5-4-6-8-15/h4-8,13-14H,9-12H2,1-3H3,(H,21,27)(H,23,24,25). The molecule has 3 rings (SSSR count). The minimum Gasteiger partial charge on any atom is -0.367 e. The van der Waals surface area contributed by atoms with Gasteiger partial charge in [0.2, 0.25) is 5.91 Å². The van der Waals surface area contributed by atoms with Crippen LogP contribution in [0.4, 0.5) is 5.82 Å². The summed E-state index contributed by atoms with van der Waals surface area (Å²) in [6.07, 6.45) is 4.22. The lowest BCUT2D eigenvalue weighted by Crippen LogP contribution is -2.27. The van der Waals surface area contributed by atoms with E-state index >= 15 is 0 Å². The van der Waals surface area contributed by atoms with E-state index in [9.17, 15) is 4.79 Å². The third kappa shape index (κ3) is 6.11. The van der Waals surface area contributed by atoms with Crippen molar-refractivity contribution < 1.29 is 4.79 Å². The zero-order valence-corrected chi connectivity index (χ0v) is 18.5. The average Bonchev–Trinajstić information content (AvgIpc) is 3.11. The van der Waals surface area contributed by atoms with Crippen molar-refractivity contribution in [3.05, 3.63) is 36.5 Å². The number of nitrogens with one attached hydrogen (secondary N) is 2. The third-order valence-corrected chi connectivity index (χ3v) is 5.63. The van der Waals surface area contributed by atoms with E-state index in [0.717, 1.165) is 22.6 Å². The van der Waals surface area contributed by atoms with Crippen LogP contribution in [-0.2, 0) is 11.3 Å². The summed E-state index contributed by atoms with van der Waals surface area (Å²) in [7, 11) is 0. The Balaban J connectivity index is 1.54. The molecule has 0 aliphatic heterocycles. The quantitative estimate of drug-likeness (QED) is 0.375. The Morgan fingerprint density at radius 1 is 1.21 bits per heavy atom. The second-order valence-electron chi connectivity index (χ2n) is 6.72. The van der Waals surface area contributed by atoms with E-state index in [1.54, 1.807) is 18.0 Å². The van der Waals surface area contributed by atoms with Gasteiger partial charge in [0.1, 0.15) is 5.82 Å². The first-order valence-corrected chi connectivity index (χ1v) is 11.8. The summed E-state index contributed by atoms with van der Waals surface area (Å²) in [5, 5.41) is 12.4. The van der Waals surface area contributed by atoms with Gasteiger partial charge in [-0.15, -0.1) is 11.8 Å². The third-order valence-electron chi connectivity index (χ3n) is 4.07. The van der Waals surface area contributed by atoms with Gasteiger partial charge in [-0.1, -0.05) is 30.0 Å². The summed E-state index contributed by atoms with van der Waals surface area (Å²) >= 11 is 3.19. The number of anilines is 1. The molecule has 0 aliphatic rings. The van der Waals surface area contributed by atoms with Crippen LogP contribution in [0.15, 0.2) is 46.6 Å². The Morgan fingerprint density at radius 3 is 2.72 bits per heavy atom. The van der Waals surface area contributed by atoms with Crippen molar-refractivity contribution >= 4 is 46.3 Å². The van der Waals surface area contributed by atoms with Crippen LogP contribution in [0.1, 0.15) is 20.3 Å². The number of amides is 1. The summed E-state index contributed by atoms with van der Waals surface area (Å²) in [6.45, 7) is 5.22. The molecule has 0 radical (unpaired) electrons. The lowest BCUT2D eigenvalue weighted by molar-refractivity contribution is -0.120. The van der Waals surface area contributed by atoms with Crippen molar-refractivity contribution in [3.63, 3.8) is 0 Å². The molecule has 0 bridgehead atoms. The summed E-state index contributed by atoms with van der Waals surface area (Å²) in [6, 6.07) is 10.4. The van der Waals surface area contributed by atoms with Crippen molar-refractivity contribution in [2.24, 2.45) is 0 Å². The maximum absolute atomic E-state index is 12.1. The van der Waals surface area contributed by atoms with Gasteiger partial charge in [0.05, 0.1) is 18.1 Å². The lowest BCUT2D eigenvalue weighted by atomic mass is 10.3. The summed E-state index contributed by atoms with van der Waals surface area (Å²) < 4.78 is 1.82. The molecule has 1 amide bonds. The van der Waals surface area contributed by atoms with E-state index in [0.29, 0.717) is 24.7 Å². The smallest absolute Gasteiger partial charge is 0.220 e. The number of hydrogen-bond acceptors (Lipinski definition) is 7. The maximum atomic E-state index is 12.1. The highest BCUT2D eigenvalue weighted by atomic mass is 32.2. The van der Waals surface area contributed by atoms with Crippen molar-refractivity contribution in [2.75, 3.05) is 23.9 Å². The topological polar surface area (TPSA) is 84.7 Å². The van der Waals surface area contributed by atoms with Crippen LogP contribution in [0.2, 0.25) is 0 Å². The van der Waals surface area contributed by atoms with E-state index in [-0.39, 0.29) is 11.9 Å². The second kappa shape index (κ2) is 10.5. The van der Waals surface area contributed by atoms with Gasteiger partial charge in [-0.05, 0) is 32.2 Å². The predicted molar refractivity (Wildman–Crippen MR) is 121 cm³/mol. The Labute approximate surface area is 179 Å². The van der Waals surface area contributed by atoms with Crippen LogP contribution < -0.4 is 10.6 Å². The summed E-state index contributed by atoms with van der Waals surface area (Å²) in [5.74, 6) is 1.60. The molecule has 7 nitrogen and oxygen atoms in total.